The molecule has 0 radical (unpaired) electrons. The van der Waals surface area contributed by atoms with Crippen LogP contribution in [0.4, 0.5) is 23.4 Å². The molecule has 3 aromatic rings. The molecular formula is C24H22F4N6O2. The molecule has 0 aliphatic carbocycles. The number of amides is 2. The minimum Gasteiger partial charge on any atom is -0.340 e. The molecule has 2 aliphatic heterocycles. The number of carbonyl (C=O) groups excluding carboxylic acids is 2. The fourth-order valence-corrected chi connectivity index (χ4v) is 4.35. The molecule has 0 bridgehead atoms. The van der Waals surface area contributed by atoms with E-state index in [-0.39, 0.29) is 43.1 Å². The Morgan fingerprint density at radius 1 is 1.03 bits per heavy atom. The number of hydrogen-bond donors (Lipinski definition) is 1. The minimum absolute atomic E-state index is 0.0354. The van der Waals surface area contributed by atoms with E-state index in [1.54, 1.807) is 21.9 Å². The van der Waals surface area contributed by atoms with E-state index in [9.17, 15) is 27.2 Å². The standard InChI is InChI=1S/C24H22F4N6O2/c25-17-4-1-15(2-5-17)23-30-18-7-8-33(12-19(18)31-23)21(35)13-32-9-10-34(22(36)14-32)20-6-3-16(11-29-20)24(26,27)28/h1-6,11H,7-10,12-14H2,(H,30,31). The smallest absolute Gasteiger partial charge is 0.340 e. The van der Waals surface area contributed by atoms with Crippen molar-refractivity contribution in [2.45, 2.75) is 19.1 Å². The van der Waals surface area contributed by atoms with Gasteiger partial charge in [-0.15, -0.1) is 0 Å². The van der Waals surface area contributed by atoms with E-state index in [1.807, 2.05) is 0 Å². The summed E-state index contributed by atoms with van der Waals surface area (Å²) in [4.78, 5) is 41.9. The van der Waals surface area contributed by atoms with Crippen LogP contribution in [0.25, 0.3) is 11.4 Å². The maximum atomic E-state index is 13.2. The number of nitrogens with zero attached hydrogens (tertiary/aromatic N) is 5. The van der Waals surface area contributed by atoms with Crippen molar-refractivity contribution in [1.29, 1.82) is 0 Å². The third kappa shape index (κ3) is 4.94. The number of H-pyrrole nitrogens is 1. The highest BCUT2D eigenvalue weighted by molar-refractivity contribution is 5.95. The van der Waals surface area contributed by atoms with Gasteiger partial charge in [-0.1, -0.05) is 0 Å². The summed E-state index contributed by atoms with van der Waals surface area (Å²) < 4.78 is 51.5. The molecule has 4 heterocycles. The first kappa shape index (κ1) is 23.9. The second-order valence-corrected chi connectivity index (χ2v) is 8.74. The SMILES string of the molecule is O=C(CN1CCN(c2ccc(C(F)(F)F)cn2)C(=O)C1)N1CCc2nc(-c3ccc(F)cc3)[nH]c2C1. The fourth-order valence-electron chi connectivity index (χ4n) is 4.35. The summed E-state index contributed by atoms with van der Waals surface area (Å²) >= 11 is 0. The van der Waals surface area contributed by atoms with Crippen LogP contribution in [0, 0.1) is 5.82 Å². The predicted molar refractivity (Wildman–Crippen MR) is 121 cm³/mol. The van der Waals surface area contributed by atoms with Crippen LogP contribution < -0.4 is 4.90 Å². The molecule has 0 unspecified atom stereocenters. The highest BCUT2D eigenvalue weighted by atomic mass is 19.4. The Morgan fingerprint density at radius 2 is 1.81 bits per heavy atom. The monoisotopic (exact) mass is 502 g/mol. The molecule has 1 saturated heterocycles. The average molecular weight is 502 g/mol. The predicted octanol–water partition coefficient (Wildman–Crippen LogP) is 2.86. The molecule has 8 nitrogen and oxygen atoms in total. The second-order valence-electron chi connectivity index (χ2n) is 8.74. The van der Waals surface area contributed by atoms with Gasteiger partial charge in [0.15, 0.2) is 0 Å². The summed E-state index contributed by atoms with van der Waals surface area (Å²) in [5, 5.41) is 0. The molecule has 0 saturated carbocycles. The van der Waals surface area contributed by atoms with Crippen molar-refractivity contribution in [2.75, 3.05) is 37.6 Å². The third-order valence-corrected chi connectivity index (χ3v) is 6.31. The highest BCUT2D eigenvalue weighted by Gasteiger charge is 2.33. The van der Waals surface area contributed by atoms with Crippen LogP contribution in [-0.2, 0) is 28.7 Å². The Morgan fingerprint density at radius 3 is 2.47 bits per heavy atom. The van der Waals surface area contributed by atoms with E-state index in [4.69, 9.17) is 0 Å². The molecule has 2 aliphatic rings. The molecule has 5 rings (SSSR count). The number of pyridine rings is 1. The molecule has 1 fully saturated rings. The number of aromatic amines is 1. The van der Waals surface area contributed by atoms with Gasteiger partial charge in [0.2, 0.25) is 11.8 Å². The van der Waals surface area contributed by atoms with Crippen molar-refractivity contribution >= 4 is 17.6 Å². The Balaban J connectivity index is 1.17. The first-order valence-electron chi connectivity index (χ1n) is 11.3. The molecule has 36 heavy (non-hydrogen) atoms. The zero-order valence-electron chi connectivity index (χ0n) is 19.1. The van der Waals surface area contributed by atoms with Gasteiger partial charge in [-0.2, -0.15) is 13.2 Å². The van der Waals surface area contributed by atoms with E-state index in [0.29, 0.717) is 38.1 Å². The van der Waals surface area contributed by atoms with Crippen LogP contribution >= 0.6 is 0 Å². The fraction of sp³-hybridized carbons (Fsp3) is 0.333. The largest absolute Gasteiger partial charge is 0.417 e. The molecule has 2 amide bonds. The van der Waals surface area contributed by atoms with Crippen molar-refractivity contribution < 1.29 is 27.2 Å². The van der Waals surface area contributed by atoms with Gasteiger partial charge in [0.1, 0.15) is 17.5 Å². The van der Waals surface area contributed by atoms with Crippen LogP contribution in [0.3, 0.4) is 0 Å². The minimum atomic E-state index is -4.50. The summed E-state index contributed by atoms with van der Waals surface area (Å²) in [5.74, 6) is -0.0272. The number of rotatable bonds is 4. The van der Waals surface area contributed by atoms with Gasteiger partial charge in [-0.05, 0) is 36.4 Å². The first-order chi connectivity index (χ1) is 17.2. The van der Waals surface area contributed by atoms with Crippen LogP contribution in [0.2, 0.25) is 0 Å². The summed E-state index contributed by atoms with van der Waals surface area (Å²) in [5.41, 5.74) is 1.56. The normalized spacial score (nSPS) is 16.8. The lowest BCUT2D eigenvalue weighted by molar-refractivity contribution is -0.138. The molecule has 1 aromatic carbocycles. The molecule has 0 atom stereocenters. The van der Waals surface area contributed by atoms with E-state index in [2.05, 4.69) is 15.0 Å². The number of halogens is 4. The van der Waals surface area contributed by atoms with E-state index in [1.165, 1.54) is 23.1 Å². The molecule has 1 N–H and O–H groups in total. The number of aromatic nitrogens is 3. The zero-order valence-corrected chi connectivity index (χ0v) is 19.1. The number of hydrogen-bond acceptors (Lipinski definition) is 5. The summed E-state index contributed by atoms with van der Waals surface area (Å²) in [6.07, 6.45) is -3.21. The van der Waals surface area contributed by atoms with E-state index < -0.39 is 11.7 Å². The van der Waals surface area contributed by atoms with Gasteiger partial charge >= 0.3 is 6.18 Å². The van der Waals surface area contributed by atoms with Crippen molar-refractivity contribution in [2.24, 2.45) is 0 Å². The molecule has 188 valence electrons. The first-order valence-corrected chi connectivity index (χ1v) is 11.3. The van der Waals surface area contributed by atoms with Gasteiger partial charge in [0, 0.05) is 37.8 Å². The Hall–Kier alpha value is -3.80. The van der Waals surface area contributed by atoms with Crippen LogP contribution in [0.15, 0.2) is 42.6 Å². The number of anilines is 1. The number of nitrogens with one attached hydrogen (secondary N) is 1. The van der Waals surface area contributed by atoms with Gasteiger partial charge in [0.05, 0.1) is 36.6 Å². The molecule has 2 aromatic heterocycles. The zero-order chi connectivity index (χ0) is 25.4. The summed E-state index contributed by atoms with van der Waals surface area (Å²) in [7, 11) is 0. The van der Waals surface area contributed by atoms with E-state index in [0.717, 1.165) is 23.0 Å². The van der Waals surface area contributed by atoms with Crippen molar-refractivity contribution in [3.63, 3.8) is 0 Å². The Kier molecular flexibility index (Phi) is 6.20. The second kappa shape index (κ2) is 9.34. The maximum absolute atomic E-state index is 13.2. The number of imidazole rings is 1. The highest BCUT2D eigenvalue weighted by Crippen LogP contribution is 2.29. The lowest BCUT2D eigenvalue weighted by atomic mass is 10.1. The van der Waals surface area contributed by atoms with Crippen molar-refractivity contribution in [3.05, 3.63) is 65.4 Å². The van der Waals surface area contributed by atoms with Gasteiger partial charge < -0.3 is 9.88 Å². The van der Waals surface area contributed by atoms with Crippen molar-refractivity contribution in [3.8, 4) is 11.4 Å². The number of piperazine rings is 1. The third-order valence-electron chi connectivity index (χ3n) is 6.31. The van der Waals surface area contributed by atoms with Gasteiger partial charge in [0.25, 0.3) is 0 Å². The molecular weight excluding hydrogens is 480 g/mol. The number of carbonyl (C=O) groups is 2. The van der Waals surface area contributed by atoms with E-state index >= 15 is 0 Å². The average Bonchev–Trinajstić information content (AvgIpc) is 3.27. The van der Waals surface area contributed by atoms with Crippen molar-refractivity contribution in [1.82, 2.24) is 24.8 Å². The topological polar surface area (TPSA) is 85.4 Å². The molecule has 0 spiro atoms. The quantitative estimate of drug-likeness (QED) is 0.555. The van der Waals surface area contributed by atoms with Gasteiger partial charge in [-0.25, -0.2) is 14.4 Å². The lowest BCUT2D eigenvalue weighted by Gasteiger charge is -2.35. The summed E-state index contributed by atoms with van der Waals surface area (Å²) in [6.45, 7) is 1.46. The summed E-state index contributed by atoms with van der Waals surface area (Å²) in [6, 6.07) is 8.08. The number of alkyl halides is 3. The van der Waals surface area contributed by atoms with Gasteiger partial charge in [-0.3, -0.25) is 19.4 Å². The lowest BCUT2D eigenvalue weighted by Crippen LogP contribution is -2.53. The number of fused-ring (bicyclic) bond motifs is 1. The molecule has 12 heteroatoms. The van der Waals surface area contributed by atoms with Crippen LogP contribution in [-0.4, -0.2) is 69.3 Å². The maximum Gasteiger partial charge on any atom is 0.417 e. The van der Waals surface area contributed by atoms with Crippen LogP contribution in [0.5, 0.6) is 0 Å². The Labute approximate surface area is 203 Å². The number of benzene rings is 1. The van der Waals surface area contributed by atoms with Crippen LogP contribution in [0.1, 0.15) is 17.0 Å². The Bertz CT molecular complexity index is 1270.